The minimum absolute atomic E-state index is 0.225. The second-order valence-corrected chi connectivity index (χ2v) is 7.55. The zero-order chi connectivity index (χ0) is 16.9. The third kappa shape index (κ3) is 6.65. The van der Waals surface area contributed by atoms with E-state index in [1.54, 1.807) is 6.26 Å². The molecule has 0 bridgehead atoms. The maximum absolute atomic E-state index is 11.8. The Morgan fingerprint density at radius 1 is 1.30 bits per heavy atom. The van der Waals surface area contributed by atoms with Crippen LogP contribution >= 0.6 is 0 Å². The number of nitrogens with one attached hydrogen (secondary N) is 2. The van der Waals surface area contributed by atoms with Crippen molar-refractivity contribution in [3.05, 3.63) is 24.2 Å². The number of carbonyl (C=O) groups is 1. The molecule has 1 atom stereocenters. The summed E-state index contributed by atoms with van der Waals surface area (Å²) in [5.74, 6) is 1.02. The van der Waals surface area contributed by atoms with Gasteiger partial charge in [-0.15, -0.1) is 0 Å². The molecule has 0 aliphatic heterocycles. The predicted octanol–water partition coefficient (Wildman–Crippen LogP) is 3.64. The lowest BCUT2D eigenvalue weighted by atomic mass is 9.90. The quantitative estimate of drug-likeness (QED) is 0.869. The third-order valence-corrected chi connectivity index (χ3v) is 4.06. The van der Waals surface area contributed by atoms with Crippen molar-refractivity contribution in [2.75, 3.05) is 0 Å². The number of ether oxygens (including phenoxy) is 1. The number of rotatable bonds is 5. The molecule has 1 amide bonds. The van der Waals surface area contributed by atoms with Gasteiger partial charge in [-0.05, 0) is 65.5 Å². The molecule has 0 saturated heterocycles. The highest BCUT2D eigenvalue weighted by Crippen LogP contribution is 2.20. The molecule has 1 saturated carbocycles. The zero-order valence-electron chi connectivity index (χ0n) is 14.7. The van der Waals surface area contributed by atoms with E-state index in [2.05, 4.69) is 17.6 Å². The van der Waals surface area contributed by atoms with Crippen molar-refractivity contribution in [3.63, 3.8) is 0 Å². The van der Waals surface area contributed by atoms with E-state index < -0.39 is 5.60 Å². The molecule has 1 aliphatic carbocycles. The number of alkyl carbamates (subject to hydrolysis) is 1. The number of furan rings is 1. The summed E-state index contributed by atoms with van der Waals surface area (Å²) in [6, 6.07) is 5.07. The molecular formula is C18H30N2O3. The lowest BCUT2D eigenvalue weighted by Gasteiger charge is -2.32. The van der Waals surface area contributed by atoms with E-state index in [9.17, 15) is 4.79 Å². The van der Waals surface area contributed by atoms with Gasteiger partial charge in [0.2, 0.25) is 0 Å². The second-order valence-electron chi connectivity index (χ2n) is 7.55. The summed E-state index contributed by atoms with van der Waals surface area (Å²) < 4.78 is 10.7. The van der Waals surface area contributed by atoms with Crippen LogP contribution in [0.3, 0.4) is 0 Å². The Morgan fingerprint density at radius 3 is 2.52 bits per heavy atom. The molecule has 1 aromatic heterocycles. The maximum Gasteiger partial charge on any atom is 0.407 e. The second kappa shape index (κ2) is 7.86. The van der Waals surface area contributed by atoms with Crippen LogP contribution in [0.5, 0.6) is 0 Å². The number of hydrogen-bond donors (Lipinski definition) is 2. The first-order valence-corrected chi connectivity index (χ1v) is 8.60. The molecule has 2 rings (SSSR count). The van der Waals surface area contributed by atoms with E-state index >= 15 is 0 Å². The van der Waals surface area contributed by atoms with Gasteiger partial charge >= 0.3 is 6.09 Å². The summed E-state index contributed by atoms with van der Waals surface area (Å²) in [6.07, 6.45) is 6.44. The lowest BCUT2D eigenvalue weighted by molar-refractivity contribution is 0.0489. The molecule has 1 aliphatic rings. The van der Waals surface area contributed by atoms with Crippen molar-refractivity contribution in [3.8, 4) is 0 Å². The van der Waals surface area contributed by atoms with Crippen LogP contribution < -0.4 is 10.6 Å². The van der Waals surface area contributed by atoms with E-state index in [1.165, 1.54) is 0 Å². The summed E-state index contributed by atoms with van der Waals surface area (Å²) in [5.41, 5.74) is -0.440. The third-order valence-electron chi connectivity index (χ3n) is 4.06. The SMILES string of the molecule is CC(Cc1ccco1)NC1CCC(NC(=O)OC(C)(C)C)CC1. The van der Waals surface area contributed by atoms with Gasteiger partial charge in [0.25, 0.3) is 0 Å². The van der Waals surface area contributed by atoms with Gasteiger partial charge in [-0.1, -0.05) is 0 Å². The summed E-state index contributed by atoms with van der Waals surface area (Å²) in [5, 5.41) is 6.65. The Kier molecular flexibility index (Phi) is 6.10. The van der Waals surface area contributed by atoms with Gasteiger partial charge < -0.3 is 19.8 Å². The van der Waals surface area contributed by atoms with Gasteiger partial charge in [-0.3, -0.25) is 0 Å². The van der Waals surface area contributed by atoms with Gasteiger partial charge in [0.05, 0.1) is 6.26 Å². The zero-order valence-corrected chi connectivity index (χ0v) is 14.7. The first-order chi connectivity index (χ1) is 10.8. The first-order valence-electron chi connectivity index (χ1n) is 8.60. The lowest BCUT2D eigenvalue weighted by Crippen LogP contribution is -2.45. The van der Waals surface area contributed by atoms with E-state index in [4.69, 9.17) is 9.15 Å². The minimum atomic E-state index is -0.440. The minimum Gasteiger partial charge on any atom is -0.469 e. The molecule has 0 aromatic carbocycles. The normalized spacial score (nSPS) is 23.3. The summed E-state index contributed by atoms with van der Waals surface area (Å²) in [6.45, 7) is 7.84. The molecule has 1 aromatic rings. The van der Waals surface area contributed by atoms with Crippen LogP contribution in [0.15, 0.2) is 22.8 Å². The highest BCUT2D eigenvalue weighted by molar-refractivity contribution is 5.68. The summed E-state index contributed by atoms with van der Waals surface area (Å²) >= 11 is 0. The van der Waals surface area contributed by atoms with Gasteiger partial charge in [0, 0.05) is 24.5 Å². The highest BCUT2D eigenvalue weighted by Gasteiger charge is 2.25. The Bertz CT molecular complexity index is 471. The summed E-state index contributed by atoms with van der Waals surface area (Å²) in [7, 11) is 0. The van der Waals surface area contributed by atoms with Gasteiger partial charge in [0.1, 0.15) is 11.4 Å². The Balaban J connectivity index is 1.66. The average Bonchev–Trinajstić information content (AvgIpc) is 2.91. The molecule has 1 heterocycles. The van der Waals surface area contributed by atoms with Crippen LogP contribution in [-0.4, -0.2) is 29.8 Å². The van der Waals surface area contributed by atoms with E-state index in [0.717, 1.165) is 37.9 Å². The standard InChI is InChI=1S/C18H30N2O3/c1-13(12-16-6-5-11-22-16)19-14-7-9-15(10-8-14)20-17(21)23-18(2,3)4/h5-6,11,13-15,19H,7-10,12H2,1-4H3,(H,20,21). The van der Waals surface area contributed by atoms with Crippen molar-refractivity contribution in [2.24, 2.45) is 0 Å². The van der Waals surface area contributed by atoms with Crippen LogP contribution in [0, 0.1) is 0 Å². The van der Waals surface area contributed by atoms with Crippen LogP contribution in [-0.2, 0) is 11.2 Å². The Morgan fingerprint density at radius 2 is 1.96 bits per heavy atom. The molecule has 130 valence electrons. The molecular weight excluding hydrogens is 292 g/mol. The van der Waals surface area contributed by atoms with E-state index in [1.807, 2.05) is 32.9 Å². The predicted molar refractivity (Wildman–Crippen MR) is 90.4 cm³/mol. The first kappa shape index (κ1) is 17.9. The van der Waals surface area contributed by atoms with E-state index in [0.29, 0.717) is 12.1 Å². The molecule has 5 nitrogen and oxygen atoms in total. The van der Waals surface area contributed by atoms with Gasteiger partial charge in [-0.2, -0.15) is 0 Å². The molecule has 0 spiro atoms. The van der Waals surface area contributed by atoms with Crippen molar-refractivity contribution < 1.29 is 13.9 Å². The van der Waals surface area contributed by atoms with Crippen molar-refractivity contribution in [2.45, 2.75) is 83.5 Å². The van der Waals surface area contributed by atoms with Crippen molar-refractivity contribution in [1.82, 2.24) is 10.6 Å². The topological polar surface area (TPSA) is 63.5 Å². The monoisotopic (exact) mass is 322 g/mol. The molecule has 5 heteroatoms. The number of carbonyl (C=O) groups excluding carboxylic acids is 1. The van der Waals surface area contributed by atoms with E-state index in [-0.39, 0.29) is 12.1 Å². The Labute approximate surface area is 139 Å². The average molecular weight is 322 g/mol. The number of hydrogen-bond acceptors (Lipinski definition) is 4. The molecule has 23 heavy (non-hydrogen) atoms. The van der Waals surface area contributed by atoms with Gasteiger partial charge in [-0.25, -0.2) is 4.79 Å². The van der Waals surface area contributed by atoms with Crippen LogP contribution in [0.1, 0.15) is 59.1 Å². The van der Waals surface area contributed by atoms with Gasteiger partial charge in [0.15, 0.2) is 0 Å². The number of amides is 1. The van der Waals surface area contributed by atoms with Crippen LogP contribution in [0.2, 0.25) is 0 Å². The fourth-order valence-electron chi connectivity index (χ4n) is 3.07. The fraction of sp³-hybridized carbons (Fsp3) is 0.722. The molecule has 2 N–H and O–H groups in total. The molecule has 1 fully saturated rings. The smallest absolute Gasteiger partial charge is 0.407 e. The summed E-state index contributed by atoms with van der Waals surface area (Å²) in [4.78, 5) is 11.8. The fourth-order valence-corrected chi connectivity index (χ4v) is 3.07. The largest absolute Gasteiger partial charge is 0.469 e. The molecule has 1 unspecified atom stereocenters. The van der Waals surface area contributed by atoms with Crippen molar-refractivity contribution >= 4 is 6.09 Å². The van der Waals surface area contributed by atoms with Crippen LogP contribution in [0.4, 0.5) is 4.79 Å². The Hall–Kier alpha value is -1.49. The van der Waals surface area contributed by atoms with Crippen LogP contribution in [0.25, 0.3) is 0 Å². The molecule has 0 radical (unpaired) electrons. The van der Waals surface area contributed by atoms with Crippen molar-refractivity contribution in [1.29, 1.82) is 0 Å². The maximum atomic E-state index is 11.8. The highest BCUT2D eigenvalue weighted by atomic mass is 16.6.